The van der Waals surface area contributed by atoms with Crippen LogP contribution in [0.5, 0.6) is 0 Å². The normalized spacial score (nSPS) is 26.0. The molecule has 2 aliphatic rings. The number of H-pyrrole nitrogens is 1. The number of nitrogens with one attached hydrogen (secondary N) is 1. The second kappa shape index (κ2) is 5.71. The second-order valence-corrected chi connectivity index (χ2v) is 7.05. The van der Waals surface area contributed by atoms with Crippen LogP contribution in [0.2, 0.25) is 5.02 Å². The zero-order valence-electron chi connectivity index (χ0n) is 13.2. The predicted octanol–water partition coefficient (Wildman–Crippen LogP) is 2.52. The molecule has 132 valence electrons. The summed E-state index contributed by atoms with van der Waals surface area (Å²) in [5.74, 6) is -1.97. The van der Waals surface area contributed by atoms with Crippen LogP contribution in [0.3, 0.4) is 0 Å². The van der Waals surface area contributed by atoms with E-state index in [0.29, 0.717) is 37.1 Å². The van der Waals surface area contributed by atoms with E-state index in [0.717, 1.165) is 0 Å². The highest BCUT2D eigenvalue weighted by Gasteiger charge is 2.55. The monoisotopic (exact) mass is 366 g/mol. The van der Waals surface area contributed by atoms with Crippen molar-refractivity contribution in [2.75, 3.05) is 26.3 Å². The minimum absolute atomic E-state index is 0.120. The molecular weight excluding hydrogens is 351 g/mol. The number of carbonyl (C=O) groups is 2. The van der Waals surface area contributed by atoms with Crippen LogP contribution in [0.4, 0.5) is 4.39 Å². The number of likely N-dealkylation sites (tertiary alicyclic amines) is 1. The number of carbonyl (C=O) groups excluding carboxylic acids is 1. The number of aromatic amines is 1. The van der Waals surface area contributed by atoms with Crippen LogP contribution < -0.4 is 0 Å². The first-order valence-electron chi connectivity index (χ1n) is 7.99. The smallest absolute Gasteiger partial charge is 0.311 e. The first-order chi connectivity index (χ1) is 11.9. The summed E-state index contributed by atoms with van der Waals surface area (Å²) in [5.41, 5.74) is -0.261. The van der Waals surface area contributed by atoms with Crippen molar-refractivity contribution in [3.05, 3.63) is 34.7 Å². The number of carboxylic acid groups (broad SMARTS) is 1. The zero-order chi connectivity index (χ0) is 17.8. The van der Waals surface area contributed by atoms with Gasteiger partial charge in [0.15, 0.2) is 0 Å². The molecule has 0 bridgehead atoms. The largest absolute Gasteiger partial charge is 0.481 e. The van der Waals surface area contributed by atoms with Crippen molar-refractivity contribution >= 4 is 34.4 Å². The first kappa shape index (κ1) is 16.4. The topological polar surface area (TPSA) is 82.6 Å². The minimum Gasteiger partial charge on any atom is -0.481 e. The van der Waals surface area contributed by atoms with Gasteiger partial charge in [-0.3, -0.25) is 9.59 Å². The molecule has 0 aliphatic carbocycles. The van der Waals surface area contributed by atoms with E-state index in [1.54, 1.807) is 0 Å². The maximum Gasteiger partial charge on any atom is 0.311 e. The number of rotatable bonds is 2. The van der Waals surface area contributed by atoms with E-state index >= 15 is 0 Å². The second-order valence-electron chi connectivity index (χ2n) is 6.67. The number of carboxylic acids is 1. The highest BCUT2D eigenvalue weighted by Crippen LogP contribution is 2.43. The Bertz CT molecular complexity index is 883. The molecule has 0 spiro atoms. The number of fused-ring (bicyclic) bond motifs is 2. The fourth-order valence-corrected chi connectivity index (χ4v) is 4.18. The van der Waals surface area contributed by atoms with E-state index in [-0.39, 0.29) is 29.1 Å². The first-order valence-corrected chi connectivity index (χ1v) is 8.37. The van der Waals surface area contributed by atoms with Crippen molar-refractivity contribution in [2.24, 2.45) is 11.3 Å². The van der Waals surface area contributed by atoms with E-state index in [9.17, 15) is 19.1 Å². The summed E-state index contributed by atoms with van der Waals surface area (Å²) in [6.45, 7) is 1.11. The summed E-state index contributed by atoms with van der Waals surface area (Å²) in [5, 5.41) is 10.3. The van der Waals surface area contributed by atoms with Gasteiger partial charge in [-0.25, -0.2) is 4.39 Å². The summed E-state index contributed by atoms with van der Waals surface area (Å²) in [4.78, 5) is 29.2. The molecule has 2 atom stereocenters. The molecule has 4 rings (SSSR count). The summed E-state index contributed by atoms with van der Waals surface area (Å²) in [6.07, 6.45) is 0.377. The van der Waals surface area contributed by atoms with Gasteiger partial charge in [0.05, 0.1) is 17.0 Å². The molecule has 0 radical (unpaired) electrons. The Morgan fingerprint density at radius 2 is 2.24 bits per heavy atom. The number of halogens is 2. The van der Waals surface area contributed by atoms with Gasteiger partial charge in [0.1, 0.15) is 11.5 Å². The van der Waals surface area contributed by atoms with Crippen LogP contribution in [0.25, 0.3) is 10.9 Å². The number of benzene rings is 1. The molecule has 0 unspecified atom stereocenters. The lowest BCUT2D eigenvalue weighted by molar-refractivity contribution is -0.157. The van der Waals surface area contributed by atoms with Gasteiger partial charge >= 0.3 is 5.97 Å². The highest BCUT2D eigenvalue weighted by molar-refractivity contribution is 6.38. The Balaban J connectivity index is 1.68. The predicted molar refractivity (Wildman–Crippen MR) is 88.2 cm³/mol. The van der Waals surface area contributed by atoms with Crippen molar-refractivity contribution in [3.63, 3.8) is 0 Å². The molecule has 1 amide bonds. The van der Waals surface area contributed by atoms with Gasteiger partial charge in [-0.15, -0.1) is 0 Å². The summed E-state index contributed by atoms with van der Waals surface area (Å²) >= 11 is 6.27. The van der Waals surface area contributed by atoms with E-state index in [1.165, 1.54) is 23.1 Å². The molecule has 1 aromatic heterocycles. The van der Waals surface area contributed by atoms with Crippen LogP contribution in [0, 0.1) is 17.2 Å². The van der Waals surface area contributed by atoms with Gasteiger partial charge in [-0.1, -0.05) is 11.6 Å². The molecule has 25 heavy (non-hydrogen) atoms. The Labute approximate surface area is 147 Å². The Morgan fingerprint density at radius 1 is 1.44 bits per heavy atom. The molecule has 2 aliphatic heterocycles. The van der Waals surface area contributed by atoms with Crippen LogP contribution in [0.15, 0.2) is 18.2 Å². The quantitative estimate of drug-likeness (QED) is 0.855. The van der Waals surface area contributed by atoms with Crippen molar-refractivity contribution < 1.29 is 23.8 Å². The van der Waals surface area contributed by atoms with E-state index in [2.05, 4.69) is 4.98 Å². The number of aromatic nitrogens is 1. The molecule has 2 fully saturated rings. The zero-order valence-corrected chi connectivity index (χ0v) is 14.0. The van der Waals surface area contributed by atoms with Crippen LogP contribution in [-0.4, -0.2) is 53.2 Å². The standard InChI is InChI=1S/C17H16ClFN2O4/c18-13-11-5-10(19)1-2-12(11)20-14(13)15(22)21-6-9-7-25-4-3-17(9,8-21)16(23)24/h1-2,5,9,20H,3-4,6-8H2,(H,23,24)/t9-,17+/m0/s1. The van der Waals surface area contributed by atoms with Gasteiger partial charge in [0.25, 0.3) is 5.91 Å². The molecule has 8 heteroatoms. The van der Waals surface area contributed by atoms with Gasteiger partial charge in [0, 0.05) is 36.5 Å². The minimum atomic E-state index is -0.974. The average molecular weight is 367 g/mol. The fourth-order valence-electron chi connectivity index (χ4n) is 3.89. The third-order valence-electron chi connectivity index (χ3n) is 5.33. The lowest BCUT2D eigenvalue weighted by Gasteiger charge is -2.33. The Morgan fingerprint density at radius 3 is 2.96 bits per heavy atom. The van der Waals surface area contributed by atoms with Gasteiger partial charge in [0.2, 0.25) is 0 Å². The van der Waals surface area contributed by atoms with Gasteiger partial charge in [-0.2, -0.15) is 0 Å². The SMILES string of the molecule is O=C(c1[nH]c2ccc(F)cc2c1Cl)N1C[C@H]2COCC[C@@]2(C(=O)O)C1. The fraction of sp³-hybridized carbons (Fsp3) is 0.412. The van der Waals surface area contributed by atoms with Gasteiger partial charge in [-0.05, 0) is 24.6 Å². The Hall–Kier alpha value is -2.12. The highest BCUT2D eigenvalue weighted by atomic mass is 35.5. The number of aliphatic carboxylic acids is 1. The molecule has 3 heterocycles. The molecule has 2 saturated heterocycles. The molecule has 1 aromatic carbocycles. The maximum absolute atomic E-state index is 13.4. The average Bonchev–Trinajstić information content (AvgIpc) is 3.14. The molecule has 2 N–H and O–H groups in total. The summed E-state index contributed by atoms with van der Waals surface area (Å²) in [6, 6.07) is 4.07. The third kappa shape index (κ3) is 2.41. The Kier molecular flexibility index (Phi) is 3.73. The molecule has 0 saturated carbocycles. The van der Waals surface area contributed by atoms with Gasteiger partial charge < -0.3 is 19.7 Å². The van der Waals surface area contributed by atoms with Crippen molar-refractivity contribution in [2.45, 2.75) is 6.42 Å². The van der Waals surface area contributed by atoms with E-state index < -0.39 is 17.2 Å². The lowest BCUT2D eigenvalue weighted by Crippen LogP contribution is -2.45. The molecule has 6 nitrogen and oxygen atoms in total. The molecule has 2 aromatic rings. The van der Waals surface area contributed by atoms with Crippen LogP contribution in [-0.2, 0) is 9.53 Å². The van der Waals surface area contributed by atoms with E-state index in [4.69, 9.17) is 16.3 Å². The van der Waals surface area contributed by atoms with Crippen LogP contribution >= 0.6 is 11.6 Å². The molecular formula is C17H16ClFN2O4. The van der Waals surface area contributed by atoms with Crippen molar-refractivity contribution in [1.29, 1.82) is 0 Å². The number of hydrogen-bond donors (Lipinski definition) is 2. The number of amides is 1. The van der Waals surface area contributed by atoms with E-state index in [1.807, 2.05) is 0 Å². The maximum atomic E-state index is 13.4. The summed E-state index contributed by atoms with van der Waals surface area (Å²) < 4.78 is 18.8. The summed E-state index contributed by atoms with van der Waals surface area (Å²) in [7, 11) is 0. The van der Waals surface area contributed by atoms with Crippen molar-refractivity contribution in [3.8, 4) is 0 Å². The lowest BCUT2D eigenvalue weighted by atomic mass is 9.74. The number of hydrogen-bond acceptors (Lipinski definition) is 3. The number of ether oxygens (including phenoxy) is 1. The van der Waals surface area contributed by atoms with Crippen LogP contribution in [0.1, 0.15) is 16.9 Å². The third-order valence-corrected chi connectivity index (χ3v) is 5.72. The van der Waals surface area contributed by atoms with Crippen molar-refractivity contribution in [1.82, 2.24) is 9.88 Å². The number of nitrogens with zero attached hydrogens (tertiary/aromatic N) is 1.